The van der Waals surface area contributed by atoms with Gasteiger partial charge in [-0.15, -0.1) is 11.6 Å². The van der Waals surface area contributed by atoms with Gasteiger partial charge in [-0.25, -0.2) is 4.39 Å². The third kappa shape index (κ3) is 1.08. The molecule has 0 spiro atoms. The molecule has 2 aromatic rings. The summed E-state index contributed by atoms with van der Waals surface area (Å²) in [7, 11) is 0. The van der Waals surface area contributed by atoms with E-state index in [0.29, 0.717) is 5.56 Å². The fraction of sp³-hybridized carbons (Fsp3) is 0. The first-order valence-electron chi connectivity index (χ1n) is 3.51. The van der Waals surface area contributed by atoms with Crippen molar-refractivity contribution < 1.29 is 4.39 Å². The second kappa shape index (κ2) is 2.79. The number of halogens is 2. The Morgan fingerprint density at radius 1 is 1.42 bits per heavy atom. The summed E-state index contributed by atoms with van der Waals surface area (Å²) in [5.41, 5.74) is 1.21. The van der Waals surface area contributed by atoms with Crippen molar-refractivity contribution in [3.8, 4) is 0 Å². The summed E-state index contributed by atoms with van der Waals surface area (Å²) in [6, 6.07) is 5.01. The molecule has 2 rings (SSSR count). The first-order chi connectivity index (χ1) is 5.81. The van der Waals surface area contributed by atoms with Gasteiger partial charge in [-0.2, -0.15) is 0 Å². The normalized spacial score (nSPS) is 10.8. The number of hydrogen-bond acceptors (Lipinski definition) is 0. The van der Waals surface area contributed by atoms with Gasteiger partial charge in [-0.1, -0.05) is 0 Å². The van der Waals surface area contributed by atoms with Gasteiger partial charge < -0.3 is 4.98 Å². The number of rotatable bonds is 1. The molecule has 1 radical (unpaired) electrons. The second-order valence-corrected chi connectivity index (χ2v) is 2.77. The number of fused-ring (bicyclic) bond motifs is 1. The van der Waals surface area contributed by atoms with Gasteiger partial charge in [0.2, 0.25) is 0 Å². The van der Waals surface area contributed by atoms with Gasteiger partial charge in [0.25, 0.3) is 0 Å². The molecule has 0 bridgehead atoms. The Labute approximate surface area is 74.2 Å². The highest BCUT2D eigenvalue weighted by molar-refractivity contribution is 6.25. The maximum absolute atomic E-state index is 13.1. The molecule has 0 saturated carbocycles. The molecule has 0 aliphatic carbocycles. The molecule has 0 aliphatic rings. The molecule has 0 unspecified atom stereocenters. The summed E-state index contributed by atoms with van der Waals surface area (Å²) in [5.74, 6) is 0.932. The van der Waals surface area contributed by atoms with E-state index in [1.165, 1.54) is 11.9 Å². The zero-order chi connectivity index (χ0) is 8.55. The average molecular weight is 183 g/mol. The average Bonchev–Trinajstić information content (AvgIpc) is 2.49. The predicted molar refractivity (Wildman–Crippen MR) is 47.5 cm³/mol. The summed E-state index contributed by atoms with van der Waals surface area (Å²) in [6.45, 7) is 0. The largest absolute Gasteiger partial charge is 0.361 e. The fourth-order valence-electron chi connectivity index (χ4n) is 1.18. The Morgan fingerprint density at radius 3 is 3.00 bits per heavy atom. The Hall–Kier alpha value is -1.02. The molecule has 0 aliphatic heterocycles. The Morgan fingerprint density at radius 2 is 2.25 bits per heavy atom. The summed E-state index contributed by atoms with van der Waals surface area (Å²) in [4.78, 5) is 2.91. The van der Waals surface area contributed by atoms with Crippen LogP contribution in [-0.2, 0) is 0 Å². The van der Waals surface area contributed by atoms with Gasteiger partial charge in [-0.05, 0) is 23.6 Å². The molecule has 0 amide bonds. The quantitative estimate of drug-likeness (QED) is 0.698. The number of nitrogens with one attached hydrogen (secondary N) is 1. The predicted octanol–water partition coefficient (Wildman–Crippen LogP) is 3.06. The Kier molecular flexibility index (Phi) is 1.77. The van der Waals surface area contributed by atoms with E-state index < -0.39 is 0 Å². The Bertz CT molecular complexity index is 408. The molecule has 1 aromatic carbocycles. The number of aromatic nitrogens is 1. The molecule has 1 nitrogen and oxygen atoms in total. The first-order valence-corrected chi connectivity index (χ1v) is 3.95. The van der Waals surface area contributed by atoms with Crippen LogP contribution >= 0.6 is 11.6 Å². The lowest BCUT2D eigenvalue weighted by atomic mass is 10.2. The van der Waals surface area contributed by atoms with Gasteiger partial charge >= 0.3 is 0 Å². The van der Waals surface area contributed by atoms with Crippen molar-refractivity contribution in [2.75, 3.05) is 0 Å². The zero-order valence-corrected chi connectivity index (χ0v) is 6.90. The summed E-state index contributed by atoms with van der Waals surface area (Å²) >= 11 is 5.42. The number of hydrogen-bond donors (Lipinski definition) is 1. The molecule has 1 aromatic heterocycles. The second-order valence-electron chi connectivity index (χ2n) is 2.55. The van der Waals surface area contributed by atoms with Gasteiger partial charge in [0, 0.05) is 17.3 Å². The topological polar surface area (TPSA) is 15.8 Å². The van der Waals surface area contributed by atoms with Crippen molar-refractivity contribution in [2.45, 2.75) is 0 Å². The van der Waals surface area contributed by atoms with Crippen LogP contribution in [0.25, 0.3) is 10.9 Å². The summed E-state index contributed by atoms with van der Waals surface area (Å²) in [5, 5.41) is 0.961. The van der Waals surface area contributed by atoms with Crippen LogP contribution in [0.15, 0.2) is 24.4 Å². The van der Waals surface area contributed by atoms with E-state index in [-0.39, 0.29) is 5.82 Å². The molecule has 12 heavy (non-hydrogen) atoms. The lowest BCUT2D eigenvalue weighted by Gasteiger charge is -1.97. The third-order valence-electron chi connectivity index (χ3n) is 1.79. The molecule has 0 atom stereocenters. The van der Waals surface area contributed by atoms with Gasteiger partial charge in [-0.3, -0.25) is 0 Å². The van der Waals surface area contributed by atoms with E-state index in [2.05, 4.69) is 4.98 Å². The molecule has 0 fully saturated rings. The van der Waals surface area contributed by atoms with Crippen LogP contribution < -0.4 is 0 Å². The van der Waals surface area contributed by atoms with E-state index in [9.17, 15) is 4.39 Å². The highest BCUT2D eigenvalue weighted by Crippen LogP contribution is 2.19. The van der Waals surface area contributed by atoms with E-state index in [0.717, 1.165) is 10.9 Å². The van der Waals surface area contributed by atoms with Crippen LogP contribution in [0.1, 0.15) is 5.56 Å². The standard InChI is InChI=1S/C9H6ClFN/c10-5-7-3-6-1-2-12-9(6)4-8(7)11/h1-5,12H. The van der Waals surface area contributed by atoms with E-state index >= 15 is 0 Å². The molecule has 0 saturated heterocycles. The summed E-state index contributed by atoms with van der Waals surface area (Å²) in [6.07, 6.45) is 1.77. The molecule has 1 N–H and O–H groups in total. The maximum atomic E-state index is 13.1. The van der Waals surface area contributed by atoms with E-state index in [1.807, 2.05) is 6.07 Å². The lowest BCUT2D eigenvalue weighted by Crippen LogP contribution is -1.83. The van der Waals surface area contributed by atoms with Gasteiger partial charge in [0.05, 0.1) is 5.88 Å². The van der Waals surface area contributed by atoms with E-state index in [4.69, 9.17) is 11.6 Å². The van der Waals surface area contributed by atoms with Gasteiger partial charge in [0.15, 0.2) is 0 Å². The maximum Gasteiger partial charge on any atom is 0.130 e. The fourth-order valence-corrected chi connectivity index (χ4v) is 1.34. The highest BCUT2D eigenvalue weighted by atomic mass is 35.5. The zero-order valence-electron chi connectivity index (χ0n) is 6.14. The number of benzene rings is 1. The monoisotopic (exact) mass is 182 g/mol. The highest BCUT2D eigenvalue weighted by Gasteiger charge is 2.03. The van der Waals surface area contributed by atoms with Crippen LogP contribution in [-0.4, -0.2) is 4.98 Å². The Balaban J connectivity index is 2.73. The molecule has 61 valence electrons. The summed E-state index contributed by atoms with van der Waals surface area (Å²) < 4.78 is 13.1. The van der Waals surface area contributed by atoms with Crippen LogP contribution in [0.2, 0.25) is 0 Å². The van der Waals surface area contributed by atoms with Crippen LogP contribution in [0.3, 0.4) is 0 Å². The van der Waals surface area contributed by atoms with Crippen molar-refractivity contribution in [2.24, 2.45) is 0 Å². The van der Waals surface area contributed by atoms with Crippen LogP contribution in [0.4, 0.5) is 4.39 Å². The van der Waals surface area contributed by atoms with Crippen molar-refractivity contribution in [3.63, 3.8) is 0 Å². The van der Waals surface area contributed by atoms with Crippen molar-refractivity contribution in [3.05, 3.63) is 41.7 Å². The van der Waals surface area contributed by atoms with Crippen LogP contribution in [0, 0.1) is 11.7 Å². The molecule has 3 heteroatoms. The SMILES string of the molecule is Fc1cc2[nH]ccc2cc1[CH]Cl. The third-order valence-corrected chi connectivity index (χ3v) is 2.02. The first kappa shape index (κ1) is 7.62. The minimum atomic E-state index is -0.306. The molecular formula is C9H6ClFN. The smallest absolute Gasteiger partial charge is 0.130 e. The van der Waals surface area contributed by atoms with Crippen molar-refractivity contribution >= 4 is 22.5 Å². The molecular weight excluding hydrogens is 177 g/mol. The lowest BCUT2D eigenvalue weighted by molar-refractivity contribution is 0.624. The van der Waals surface area contributed by atoms with Crippen molar-refractivity contribution in [1.29, 1.82) is 0 Å². The van der Waals surface area contributed by atoms with Gasteiger partial charge in [0.1, 0.15) is 5.82 Å². The minimum absolute atomic E-state index is 0.306. The van der Waals surface area contributed by atoms with E-state index in [1.54, 1.807) is 12.3 Å². The minimum Gasteiger partial charge on any atom is -0.361 e. The number of aromatic amines is 1. The number of H-pyrrole nitrogens is 1. The molecule has 1 heterocycles. The van der Waals surface area contributed by atoms with Crippen molar-refractivity contribution in [1.82, 2.24) is 4.98 Å². The van der Waals surface area contributed by atoms with Crippen LogP contribution in [0.5, 0.6) is 0 Å².